The van der Waals surface area contributed by atoms with Crippen molar-refractivity contribution in [2.24, 2.45) is 10.9 Å². The first-order chi connectivity index (χ1) is 16.6. The quantitative estimate of drug-likeness (QED) is 0.218. The Labute approximate surface area is 203 Å². The van der Waals surface area contributed by atoms with Crippen LogP contribution >= 0.6 is 0 Å². The molecule has 0 amide bonds. The lowest BCUT2D eigenvalue weighted by Crippen LogP contribution is -2.20. The Morgan fingerprint density at radius 2 is 1.82 bits per heavy atom. The number of fused-ring (bicyclic) bond motifs is 2. The molecule has 4 heteroatoms. The van der Waals surface area contributed by atoms with Gasteiger partial charge in [0.2, 0.25) is 0 Å². The highest BCUT2D eigenvalue weighted by Gasteiger charge is 2.22. The fourth-order valence-electron chi connectivity index (χ4n) is 4.82. The van der Waals surface area contributed by atoms with E-state index in [1.54, 1.807) is 0 Å². The third-order valence-corrected chi connectivity index (χ3v) is 6.83. The fraction of sp³-hybridized carbons (Fsp3) is 0.367. The molecule has 1 atom stereocenters. The summed E-state index contributed by atoms with van der Waals surface area (Å²) in [6.07, 6.45) is 22.5. The van der Waals surface area contributed by atoms with Gasteiger partial charge in [0.05, 0.1) is 0 Å². The maximum atomic E-state index is 11.2. The van der Waals surface area contributed by atoms with Crippen molar-refractivity contribution in [1.82, 2.24) is 0 Å². The van der Waals surface area contributed by atoms with Gasteiger partial charge in [-0.25, -0.2) is 0 Å². The van der Waals surface area contributed by atoms with E-state index in [9.17, 15) is 10.2 Å². The van der Waals surface area contributed by atoms with E-state index in [1.165, 1.54) is 30.4 Å². The summed E-state index contributed by atoms with van der Waals surface area (Å²) in [6, 6.07) is 7.43. The van der Waals surface area contributed by atoms with Crippen molar-refractivity contribution in [3.8, 4) is 11.5 Å². The van der Waals surface area contributed by atoms with Gasteiger partial charge in [-0.15, -0.1) is 0 Å². The third-order valence-electron chi connectivity index (χ3n) is 6.83. The number of anilines is 1. The number of benzene rings is 2. The van der Waals surface area contributed by atoms with Crippen LogP contribution in [0.15, 0.2) is 76.9 Å². The molecule has 0 aliphatic heterocycles. The number of aliphatic imine (C=N–C) groups is 1. The van der Waals surface area contributed by atoms with Crippen LogP contribution in [0.25, 0.3) is 10.8 Å². The Morgan fingerprint density at radius 1 is 1.03 bits per heavy atom. The number of phenols is 2. The Balaban J connectivity index is 1.57. The largest absolute Gasteiger partial charge is 0.505 e. The normalized spacial score (nSPS) is 17.2. The van der Waals surface area contributed by atoms with Crippen LogP contribution in [0.5, 0.6) is 11.5 Å². The second-order valence-electron chi connectivity index (χ2n) is 9.32. The minimum Gasteiger partial charge on any atom is -0.505 e. The molecule has 0 fully saturated rings. The first-order valence-electron chi connectivity index (χ1n) is 12.5. The summed E-state index contributed by atoms with van der Waals surface area (Å²) in [6.45, 7) is 2.93. The van der Waals surface area contributed by atoms with Crippen LogP contribution in [0.3, 0.4) is 0 Å². The lowest BCUT2D eigenvalue weighted by molar-refractivity contribution is 0.470. The molecule has 2 aromatic carbocycles. The van der Waals surface area contributed by atoms with E-state index in [2.05, 4.69) is 48.4 Å². The van der Waals surface area contributed by atoms with Crippen molar-refractivity contribution in [3.05, 3.63) is 71.9 Å². The molecular weight excluding hydrogens is 420 g/mol. The Bertz CT molecular complexity index is 1170. The highest BCUT2D eigenvalue weighted by atomic mass is 16.3. The predicted octanol–water partition coefficient (Wildman–Crippen LogP) is 7.75. The molecule has 0 radical (unpaired) electrons. The van der Waals surface area contributed by atoms with Gasteiger partial charge in [-0.1, -0.05) is 92.5 Å². The highest BCUT2D eigenvalue weighted by molar-refractivity contribution is 6.04. The summed E-state index contributed by atoms with van der Waals surface area (Å²) in [7, 11) is 1.97. The summed E-state index contributed by atoms with van der Waals surface area (Å²) < 4.78 is 0. The molecular formula is C30H36N2O2. The molecule has 0 saturated heterocycles. The van der Waals surface area contributed by atoms with E-state index in [1.807, 2.05) is 42.4 Å². The van der Waals surface area contributed by atoms with Crippen LogP contribution in [0, 0.1) is 5.92 Å². The topological polar surface area (TPSA) is 56.1 Å². The van der Waals surface area contributed by atoms with Crippen molar-refractivity contribution < 1.29 is 10.2 Å². The smallest absolute Gasteiger partial charge is 0.151 e. The first kappa shape index (κ1) is 23.9. The molecule has 2 aromatic rings. The van der Waals surface area contributed by atoms with Crippen LogP contribution in [0.1, 0.15) is 51.9 Å². The number of allylic oxidation sites excluding steroid dienone is 7. The minimum atomic E-state index is 0.128. The van der Waals surface area contributed by atoms with E-state index in [0.29, 0.717) is 28.1 Å². The summed E-state index contributed by atoms with van der Waals surface area (Å²) in [4.78, 5) is 6.70. The number of aromatic hydroxyl groups is 2. The average molecular weight is 457 g/mol. The van der Waals surface area contributed by atoms with Crippen LogP contribution < -0.4 is 4.90 Å². The number of hydrogen-bond acceptors (Lipinski definition) is 4. The van der Waals surface area contributed by atoms with Gasteiger partial charge < -0.3 is 15.1 Å². The maximum Gasteiger partial charge on any atom is 0.151 e. The fourth-order valence-corrected chi connectivity index (χ4v) is 4.82. The SMILES string of the molecule is CCCCCCC=Nc1c(N(C)CCC2=CC=C3C=CC=CC3C2)c(O)c2ccccc2c1O. The van der Waals surface area contributed by atoms with Gasteiger partial charge in [0, 0.05) is 36.5 Å². The average Bonchev–Trinajstić information content (AvgIpc) is 2.87. The van der Waals surface area contributed by atoms with Crippen molar-refractivity contribution in [2.45, 2.75) is 51.9 Å². The zero-order chi connectivity index (χ0) is 23.9. The van der Waals surface area contributed by atoms with Crippen LogP contribution in [0.4, 0.5) is 11.4 Å². The van der Waals surface area contributed by atoms with Gasteiger partial charge >= 0.3 is 0 Å². The summed E-state index contributed by atoms with van der Waals surface area (Å²) in [5, 5.41) is 23.6. The molecule has 0 saturated carbocycles. The van der Waals surface area contributed by atoms with Gasteiger partial charge in [0.1, 0.15) is 17.1 Å². The number of unbranched alkanes of at least 4 members (excludes halogenated alkanes) is 4. The predicted molar refractivity (Wildman–Crippen MR) is 145 cm³/mol. The van der Waals surface area contributed by atoms with Crippen LogP contribution in [-0.4, -0.2) is 30.0 Å². The molecule has 2 N–H and O–H groups in total. The monoisotopic (exact) mass is 456 g/mol. The van der Waals surface area contributed by atoms with E-state index < -0.39 is 0 Å². The number of phenolic OH excluding ortho intramolecular Hbond substituents is 2. The standard InChI is InChI=1S/C30H36N2O2/c1-3-4-5-6-11-19-31-27-28(30(34)26-15-10-9-14-25(26)29(27)33)32(2)20-18-22-16-17-23-12-7-8-13-24(23)21-22/h7-10,12-17,19,24,33-34H,3-6,11,18,20-21H2,1-2H3. The van der Waals surface area contributed by atoms with Crippen molar-refractivity contribution in [3.63, 3.8) is 0 Å². The molecule has 178 valence electrons. The Morgan fingerprint density at radius 3 is 2.62 bits per heavy atom. The summed E-state index contributed by atoms with van der Waals surface area (Å²) in [5.74, 6) is 0.763. The molecule has 0 aromatic heterocycles. The highest BCUT2D eigenvalue weighted by Crippen LogP contribution is 2.50. The molecule has 2 aliphatic rings. The van der Waals surface area contributed by atoms with Gasteiger partial charge in [-0.05, 0) is 31.3 Å². The number of nitrogens with zero attached hydrogens (tertiary/aromatic N) is 2. The second kappa shape index (κ2) is 11.2. The molecule has 1 unspecified atom stereocenters. The Hall–Kier alpha value is -3.27. The van der Waals surface area contributed by atoms with Crippen molar-refractivity contribution in [1.29, 1.82) is 0 Å². The van der Waals surface area contributed by atoms with Crippen molar-refractivity contribution >= 4 is 28.4 Å². The second-order valence-corrected chi connectivity index (χ2v) is 9.32. The zero-order valence-corrected chi connectivity index (χ0v) is 20.4. The molecule has 2 aliphatic carbocycles. The lowest BCUT2D eigenvalue weighted by atomic mass is 9.83. The van der Waals surface area contributed by atoms with E-state index in [4.69, 9.17) is 0 Å². The van der Waals surface area contributed by atoms with Gasteiger partial charge in [0.15, 0.2) is 5.75 Å². The molecule has 4 nitrogen and oxygen atoms in total. The van der Waals surface area contributed by atoms with E-state index in [-0.39, 0.29) is 11.5 Å². The van der Waals surface area contributed by atoms with Gasteiger partial charge in [-0.2, -0.15) is 0 Å². The van der Waals surface area contributed by atoms with Crippen LogP contribution in [0.2, 0.25) is 0 Å². The lowest BCUT2D eigenvalue weighted by Gasteiger charge is -2.26. The van der Waals surface area contributed by atoms with Crippen LogP contribution in [-0.2, 0) is 0 Å². The van der Waals surface area contributed by atoms with Crippen molar-refractivity contribution in [2.75, 3.05) is 18.5 Å². The molecule has 0 bridgehead atoms. The number of rotatable bonds is 10. The van der Waals surface area contributed by atoms with Gasteiger partial charge in [0.25, 0.3) is 0 Å². The molecule has 0 heterocycles. The zero-order valence-electron chi connectivity index (χ0n) is 20.4. The van der Waals surface area contributed by atoms with Gasteiger partial charge in [-0.3, -0.25) is 4.99 Å². The summed E-state index contributed by atoms with van der Waals surface area (Å²) in [5.41, 5.74) is 3.81. The Kier molecular flexibility index (Phi) is 7.89. The number of hydrogen-bond donors (Lipinski definition) is 2. The molecule has 4 rings (SSSR count). The molecule has 34 heavy (non-hydrogen) atoms. The summed E-state index contributed by atoms with van der Waals surface area (Å²) >= 11 is 0. The molecule has 0 spiro atoms. The first-order valence-corrected chi connectivity index (χ1v) is 12.5. The van der Waals surface area contributed by atoms with E-state index >= 15 is 0 Å². The maximum absolute atomic E-state index is 11.2. The minimum absolute atomic E-state index is 0.128. The third kappa shape index (κ3) is 5.27. The van der Waals surface area contributed by atoms with E-state index in [0.717, 1.165) is 32.2 Å².